The van der Waals surface area contributed by atoms with Crippen molar-refractivity contribution in [2.45, 2.75) is 5.88 Å². The predicted octanol–water partition coefficient (Wildman–Crippen LogP) is 4.61. The maximum atomic E-state index is 14.1. The zero-order valence-corrected chi connectivity index (χ0v) is 12.2. The lowest BCUT2D eigenvalue weighted by Crippen LogP contribution is -2.02. The number of alkyl halides is 1. The third-order valence-electron chi connectivity index (χ3n) is 2.80. The monoisotopic (exact) mass is 329 g/mol. The molecule has 2 aromatic heterocycles. The van der Waals surface area contributed by atoms with Crippen LogP contribution < -0.4 is 0 Å². The van der Waals surface area contributed by atoms with E-state index in [1.807, 2.05) is 0 Å². The van der Waals surface area contributed by atoms with Crippen molar-refractivity contribution in [3.63, 3.8) is 0 Å². The molecule has 0 amide bonds. The molecule has 0 atom stereocenters. The van der Waals surface area contributed by atoms with Crippen LogP contribution in [0.1, 0.15) is 5.82 Å². The smallest absolute Gasteiger partial charge is 0.164 e. The van der Waals surface area contributed by atoms with Crippen LogP contribution in [0.2, 0.25) is 10.0 Å². The van der Waals surface area contributed by atoms with Crippen molar-refractivity contribution in [3.8, 4) is 5.69 Å². The Bertz CT molecular complexity index is 801. The Hall–Kier alpha value is -1.36. The molecule has 3 aromatic rings. The lowest BCUT2D eigenvalue weighted by molar-refractivity contribution is 0.617. The zero-order valence-electron chi connectivity index (χ0n) is 9.95. The Balaban J connectivity index is 2.34. The Morgan fingerprint density at radius 1 is 1.15 bits per heavy atom. The minimum Gasteiger partial charge on any atom is -0.277 e. The lowest BCUT2D eigenvalue weighted by Gasteiger charge is -2.08. The van der Waals surface area contributed by atoms with Gasteiger partial charge in [-0.15, -0.1) is 11.6 Å². The topological polar surface area (TPSA) is 30.7 Å². The Kier molecular flexibility index (Phi) is 3.54. The quantitative estimate of drug-likeness (QED) is 0.643. The van der Waals surface area contributed by atoms with Gasteiger partial charge in [0, 0.05) is 11.2 Å². The molecular weight excluding hydrogens is 324 g/mol. The maximum absolute atomic E-state index is 14.1. The van der Waals surface area contributed by atoms with Gasteiger partial charge in [0.05, 0.1) is 16.6 Å². The first-order chi connectivity index (χ1) is 9.60. The molecular formula is C13H7Cl3FN3. The number of imidazole rings is 1. The van der Waals surface area contributed by atoms with Crippen molar-refractivity contribution < 1.29 is 4.39 Å². The molecule has 102 valence electrons. The number of pyridine rings is 1. The third kappa shape index (κ3) is 2.24. The van der Waals surface area contributed by atoms with Crippen LogP contribution in [-0.2, 0) is 5.88 Å². The maximum Gasteiger partial charge on any atom is 0.164 e. The highest BCUT2D eigenvalue weighted by Gasteiger charge is 2.16. The van der Waals surface area contributed by atoms with E-state index in [9.17, 15) is 4.39 Å². The average Bonchev–Trinajstić information content (AvgIpc) is 2.76. The van der Waals surface area contributed by atoms with Crippen LogP contribution in [0, 0.1) is 5.82 Å². The normalized spacial score (nSPS) is 11.2. The van der Waals surface area contributed by atoms with Gasteiger partial charge in [-0.3, -0.25) is 4.57 Å². The number of fused-ring (bicyclic) bond motifs is 1. The second-order valence-corrected chi connectivity index (χ2v) is 5.23. The van der Waals surface area contributed by atoms with E-state index in [0.717, 1.165) is 0 Å². The van der Waals surface area contributed by atoms with Crippen LogP contribution in [0.15, 0.2) is 30.5 Å². The Morgan fingerprint density at radius 3 is 2.65 bits per heavy atom. The molecule has 0 spiro atoms. The fraction of sp³-hybridized carbons (Fsp3) is 0.0769. The Labute approximate surface area is 128 Å². The summed E-state index contributed by atoms with van der Waals surface area (Å²) < 4.78 is 15.7. The molecule has 0 aliphatic carbocycles. The van der Waals surface area contributed by atoms with Crippen LogP contribution >= 0.6 is 34.8 Å². The highest BCUT2D eigenvalue weighted by Crippen LogP contribution is 2.26. The second kappa shape index (κ2) is 5.20. The van der Waals surface area contributed by atoms with Crippen molar-refractivity contribution in [2.24, 2.45) is 0 Å². The fourth-order valence-corrected chi connectivity index (χ4v) is 2.48. The molecule has 0 saturated carbocycles. The van der Waals surface area contributed by atoms with Gasteiger partial charge in [0.25, 0.3) is 0 Å². The summed E-state index contributed by atoms with van der Waals surface area (Å²) in [5, 5.41) is 0.777. The van der Waals surface area contributed by atoms with E-state index in [4.69, 9.17) is 34.8 Å². The van der Waals surface area contributed by atoms with E-state index < -0.39 is 5.82 Å². The number of hydrogen-bond donors (Lipinski definition) is 0. The summed E-state index contributed by atoms with van der Waals surface area (Å²) in [6.07, 6.45) is 1.48. The second-order valence-electron chi connectivity index (χ2n) is 4.09. The predicted molar refractivity (Wildman–Crippen MR) is 78.4 cm³/mol. The summed E-state index contributed by atoms with van der Waals surface area (Å²) in [6.45, 7) is 0. The molecule has 0 unspecified atom stereocenters. The first kappa shape index (κ1) is 13.6. The van der Waals surface area contributed by atoms with Crippen molar-refractivity contribution in [2.75, 3.05) is 0 Å². The highest BCUT2D eigenvalue weighted by molar-refractivity contribution is 6.31. The van der Waals surface area contributed by atoms with Gasteiger partial charge in [0.2, 0.25) is 0 Å². The lowest BCUT2D eigenvalue weighted by atomic mass is 10.3. The molecule has 0 N–H and O–H groups in total. The number of aromatic nitrogens is 3. The van der Waals surface area contributed by atoms with Gasteiger partial charge in [-0.1, -0.05) is 23.2 Å². The molecule has 0 fully saturated rings. The number of halogens is 4. The van der Waals surface area contributed by atoms with E-state index in [-0.39, 0.29) is 5.88 Å². The van der Waals surface area contributed by atoms with Gasteiger partial charge in [-0.05, 0) is 24.3 Å². The van der Waals surface area contributed by atoms with Crippen LogP contribution in [0.25, 0.3) is 16.9 Å². The third-order valence-corrected chi connectivity index (χ3v) is 3.48. The molecule has 0 saturated heterocycles. The molecule has 0 radical (unpaired) electrons. The molecule has 2 heterocycles. The summed E-state index contributed by atoms with van der Waals surface area (Å²) in [6, 6.07) is 6.05. The van der Waals surface area contributed by atoms with Crippen LogP contribution in [0.4, 0.5) is 4.39 Å². The Morgan fingerprint density at radius 2 is 1.95 bits per heavy atom. The van der Waals surface area contributed by atoms with Gasteiger partial charge in [-0.2, -0.15) is 0 Å². The first-order valence-corrected chi connectivity index (χ1v) is 6.93. The standard InChI is InChI=1S/C13H7Cl3FN3/c14-5-12-19-10-4-8(16)6-18-13(10)20(12)11-2-1-7(15)3-9(11)17/h1-4,6H,5H2. The van der Waals surface area contributed by atoms with Crippen molar-refractivity contribution in [1.29, 1.82) is 0 Å². The molecule has 0 bridgehead atoms. The summed E-state index contributed by atoms with van der Waals surface area (Å²) in [7, 11) is 0. The van der Waals surface area contributed by atoms with Crippen molar-refractivity contribution in [1.82, 2.24) is 14.5 Å². The minimum atomic E-state index is -0.472. The van der Waals surface area contributed by atoms with Crippen molar-refractivity contribution in [3.05, 3.63) is 52.1 Å². The van der Waals surface area contributed by atoms with Gasteiger partial charge < -0.3 is 0 Å². The summed E-state index contributed by atoms with van der Waals surface area (Å²) in [4.78, 5) is 8.52. The van der Waals surface area contributed by atoms with E-state index in [1.54, 1.807) is 22.8 Å². The molecule has 7 heteroatoms. The summed E-state index contributed by atoms with van der Waals surface area (Å²) in [5.74, 6) is 0.133. The van der Waals surface area contributed by atoms with Gasteiger partial charge in [0.15, 0.2) is 5.65 Å². The summed E-state index contributed by atoms with van der Waals surface area (Å²) >= 11 is 17.5. The molecule has 20 heavy (non-hydrogen) atoms. The summed E-state index contributed by atoms with van der Waals surface area (Å²) in [5.41, 5.74) is 1.34. The van der Waals surface area contributed by atoms with E-state index in [2.05, 4.69) is 9.97 Å². The SMILES string of the molecule is Fc1cc(Cl)ccc1-n1c(CCl)nc2cc(Cl)cnc21. The molecule has 3 rings (SSSR count). The van der Waals surface area contributed by atoms with Crippen LogP contribution in [0.5, 0.6) is 0 Å². The molecule has 0 aliphatic rings. The fourth-order valence-electron chi connectivity index (χ4n) is 1.99. The van der Waals surface area contributed by atoms with Crippen LogP contribution in [-0.4, -0.2) is 14.5 Å². The molecule has 3 nitrogen and oxygen atoms in total. The largest absolute Gasteiger partial charge is 0.277 e. The number of hydrogen-bond acceptors (Lipinski definition) is 2. The highest BCUT2D eigenvalue weighted by atomic mass is 35.5. The van der Waals surface area contributed by atoms with Gasteiger partial charge in [-0.25, -0.2) is 14.4 Å². The van der Waals surface area contributed by atoms with E-state index >= 15 is 0 Å². The zero-order chi connectivity index (χ0) is 14.3. The molecule has 0 aliphatic heterocycles. The number of nitrogens with zero attached hydrogens (tertiary/aromatic N) is 3. The van der Waals surface area contributed by atoms with Gasteiger partial charge in [0.1, 0.15) is 17.2 Å². The molecule has 1 aromatic carbocycles. The minimum absolute atomic E-state index is 0.121. The van der Waals surface area contributed by atoms with E-state index in [1.165, 1.54) is 12.3 Å². The van der Waals surface area contributed by atoms with E-state index in [0.29, 0.717) is 32.7 Å². The van der Waals surface area contributed by atoms with Crippen molar-refractivity contribution >= 4 is 46.0 Å². The number of rotatable bonds is 2. The number of benzene rings is 1. The first-order valence-electron chi connectivity index (χ1n) is 5.64. The van der Waals surface area contributed by atoms with Crippen LogP contribution in [0.3, 0.4) is 0 Å². The average molecular weight is 331 g/mol. The van der Waals surface area contributed by atoms with Gasteiger partial charge >= 0.3 is 0 Å².